The minimum absolute atomic E-state index is 0.558. The largest absolute Gasteiger partial charge is 0.286 e. The van der Waals surface area contributed by atoms with Crippen LogP contribution in [-0.4, -0.2) is 24.1 Å². The van der Waals surface area contributed by atoms with Crippen LogP contribution in [0.2, 0.25) is 5.02 Å². The van der Waals surface area contributed by atoms with Gasteiger partial charge in [-0.2, -0.15) is 0 Å². The van der Waals surface area contributed by atoms with E-state index >= 15 is 0 Å². The minimum atomic E-state index is 0.558. The van der Waals surface area contributed by atoms with E-state index in [1.807, 2.05) is 23.5 Å². The van der Waals surface area contributed by atoms with Crippen LogP contribution in [0.5, 0.6) is 0 Å². The molecule has 1 aliphatic heterocycles. The monoisotopic (exact) mass is 318 g/mol. The van der Waals surface area contributed by atoms with Gasteiger partial charge in [0.1, 0.15) is 6.54 Å². The number of hydrogen-bond acceptors (Lipinski definition) is 1. The highest BCUT2D eigenvalue weighted by molar-refractivity contribution is 7.07. The molecule has 110 valence electrons. The van der Waals surface area contributed by atoms with Crippen molar-refractivity contribution in [2.75, 3.05) is 13.6 Å². The van der Waals surface area contributed by atoms with Gasteiger partial charge in [0.25, 0.3) is 0 Å². The summed E-state index contributed by atoms with van der Waals surface area (Å²) in [5, 5.41) is 4.39. The Bertz CT molecular complexity index is 777. The lowest BCUT2D eigenvalue weighted by molar-refractivity contribution is -0.856. The van der Waals surface area contributed by atoms with Crippen LogP contribution in [0, 0.1) is 0 Å². The first kappa shape index (κ1) is 14.8. The predicted molar refractivity (Wildman–Crippen MR) is 92.8 cm³/mol. The Morgan fingerprint density at radius 3 is 2.76 bits per heavy atom. The van der Waals surface area contributed by atoms with Crippen LogP contribution in [0.1, 0.15) is 25.8 Å². The van der Waals surface area contributed by atoms with Gasteiger partial charge in [0.15, 0.2) is 5.70 Å². The summed E-state index contributed by atoms with van der Waals surface area (Å²) in [6, 6.07) is 11.0. The molecule has 0 spiro atoms. The molecular formula is C18H21ClNS+. The molecule has 0 fully saturated rings. The van der Waals surface area contributed by atoms with Crippen LogP contribution in [0.4, 0.5) is 0 Å². The fourth-order valence-electron chi connectivity index (χ4n) is 3.14. The fraction of sp³-hybridized carbons (Fsp3) is 0.333. The molecule has 0 radical (unpaired) electrons. The summed E-state index contributed by atoms with van der Waals surface area (Å²) in [6.07, 6.45) is 3.53. The van der Waals surface area contributed by atoms with E-state index in [2.05, 4.69) is 50.6 Å². The van der Waals surface area contributed by atoms with E-state index in [9.17, 15) is 0 Å². The van der Waals surface area contributed by atoms with Crippen LogP contribution in [0.3, 0.4) is 0 Å². The van der Waals surface area contributed by atoms with Crippen molar-refractivity contribution in [1.82, 2.24) is 0 Å². The molecule has 0 amide bonds. The van der Waals surface area contributed by atoms with E-state index < -0.39 is 0 Å². The Morgan fingerprint density at radius 2 is 2.05 bits per heavy atom. The average molecular weight is 319 g/mol. The predicted octanol–water partition coefficient (Wildman–Crippen LogP) is 3.60. The quantitative estimate of drug-likeness (QED) is 0.759. The molecule has 0 saturated carbocycles. The highest BCUT2D eigenvalue weighted by Crippen LogP contribution is 2.33. The highest BCUT2D eigenvalue weighted by Gasteiger charge is 2.36. The fourth-order valence-corrected chi connectivity index (χ4v) is 4.43. The van der Waals surface area contributed by atoms with Crippen molar-refractivity contribution in [2.45, 2.75) is 26.3 Å². The van der Waals surface area contributed by atoms with Gasteiger partial charge in [0, 0.05) is 5.22 Å². The zero-order valence-electron chi connectivity index (χ0n) is 12.8. The van der Waals surface area contributed by atoms with Crippen molar-refractivity contribution in [2.24, 2.45) is 0 Å². The van der Waals surface area contributed by atoms with Crippen LogP contribution in [0.15, 0.2) is 35.7 Å². The number of rotatable bonds is 3. The summed E-state index contributed by atoms with van der Waals surface area (Å²) in [5.41, 5.74) is 2.56. The second-order valence-corrected chi connectivity index (χ2v) is 7.27. The SMILES string of the molecule is CCC(C)[N+]1(C)CC=c2ccsc2=C1c1ccccc1Cl. The molecule has 2 heterocycles. The van der Waals surface area contributed by atoms with Crippen molar-refractivity contribution < 1.29 is 4.48 Å². The molecule has 2 atom stereocenters. The van der Waals surface area contributed by atoms with Crippen molar-refractivity contribution in [3.05, 3.63) is 56.0 Å². The maximum atomic E-state index is 6.53. The topological polar surface area (TPSA) is 0 Å². The molecule has 3 rings (SSSR count). The van der Waals surface area contributed by atoms with Crippen LogP contribution in [-0.2, 0) is 0 Å². The van der Waals surface area contributed by atoms with Crippen LogP contribution in [0.25, 0.3) is 11.8 Å². The minimum Gasteiger partial charge on any atom is -0.286 e. The normalized spacial score (nSPS) is 22.6. The second-order valence-electron chi connectivity index (χ2n) is 5.95. The number of fused-ring (bicyclic) bond motifs is 1. The number of hydrogen-bond donors (Lipinski definition) is 0. The number of quaternary nitrogens is 1. The summed E-state index contributed by atoms with van der Waals surface area (Å²) >= 11 is 8.35. The van der Waals surface area contributed by atoms with E-state index in [4.69, 9.17) is 11.6 Å². The average Bonchev–Trinajstić information content (AvgIpc) is 2.96. The molecule has 0 saturated heterocycles. The van der Waals surface area contributed by atoms with Crippen molar-refractivity contribution in [3.63, 3.8) is 0 Å². The highest BCUT2D eigenvalue weighted by atomic mass is 35.5. The lowest BCUT2D eigenvalue weighted by Crippen LogP contribution is -2.55. The Hall–Kier alpha value is -1.09. The molecule has 21 heavy (non-hydrogen) atoms. The van der Waals surface area contributed by atoms with Gasteiger partial charge in [-0.15, -0.1) is 11.3 Å². The van der Waals surface area contributed by atoms with Gasteiger partial charge < -0.3 is 0 Å². The molecule has 0 N–H and O–H groups in total. The van der Waals surface area contributed by atoms with E-state index in [0.717, 1.165) is 22.5 Å². The maximum absolute atomic E-state index is 6.53. The van der Waals surface area contributed by atoms with Gasteiger partial charge in [0.2, 0.25) is 0 Å². The molecular weight excluding hydrogens is 298 g/mol. The molecule has 1 nitrogen and oxygen atoms in total. The third-order valence-corrected chi connectivity index (χ3v) is 6.07. The van der Waals surface area contributed by atoms with Gasteiger partial charge in [-0.1, -0.05) is 30.7 Å². The van der Waals surface area contributed by atoms with E-state index in [0.29, 0.717) is 6.04 Å². The van der Waals surface area contributed by atoms with Gasteiger partial charge in [0.05, 0.1) is 28.2 Å². The molecule has 1 aliphatic rings. The zero-order valence-corrected chi connectivity index (χ0v) is 14.3. The maximum Gasteiger partial charge on any atom is 0.159 e. The number of halogens is 1. The summed E-state index contributed by atoms with van der Waals surface area (Å²) in [7, 11) is 2.34. The molecule has 1 aromatic heterocycles. The lowest BCUT2D eigenvalue weighted by Gasteiger charge is -2.41. The number of benzene rings is 1. The van der Waals surface area contributed by atoms with Crippen molar-refractivity contribution >= 4 is 34.7 Å². The first-order valence-electron chi connectivity index (χ1n) is 7.46. The summed E-state index contributed by atoms with van der Waals surface area (Å²) in [4.78, 5) is 0. The van der Waals surface area contributed by atoms with E-state index in [1.54, 1.807) is 0 Å². The third-order valence-electron chi connectivity index (χ3n) is 4.80. The second kappa shape index (κ2) is 5.60. The van der Waals surface area contributed by atoms with E-state index in [1.165, 1.54) is 21.0 Å². The summed E-state index contributed by atoms with van der Waals surface area (Å²) < 4.78 is 2.30. The molecule has 1 aromatic carbocycles. The summed E-state index contributed by atoms with van der Waals surface area (Å²) in [5.74, 6) is 0. The summed E-state index contributed by atoms with van der Waals surface area (Å²) in [6.45, 7) is 5.63. The molecule has 3 heteroatoms. The Labute approximate surface area is 135 Å². The molecule has 2 aromatic rings. The molecule has 0 aliphatic carbocycles. The van der Waals surface area contributed by atoms with Gasteiger partial charge >= 0.3 is 0 Å². The zero-order chi connectivity index (χ0) is 15.0. The van der Waals surface area contributed by atoms with Gasteiger partial charge in [-0.3, -0.25) is 4.48 Å². The lowest BCUT2D eigenvalue weighted by atomic mass is 10.0. The molecule has 2 unspecified atom stereocenters. The van der Waals surface area contributed by atoms with Crippen molar-refractivity contribution in [3.8, 4) is 0 Å². The Morgan fingerprint density at radius 1 is 1.29 bits per heavy atom. The Kier molecular flexibility index (Phi) is 3.96. The first-order valence-corrected chi connectivity index (χ1v) is 8.72. The number of thiophene rings is 1. The smallest absolute Gasteiger partial charge is 0.159 e. The first-order chi connectivity index (χ1) is 10.1. The van der Waals surface area contributed by atoms with E-state index in [-0.39, 0.29) is 0 Å². The third kappa shape index (κ3) is 2.36. The molecule has 0 bridgehead atoms. The van der Waals surface area contributed by atoms with Crippen LogP contribution >= 0.6 is 22.9 Å². The van der Waals surface area contributed by atoms with Crippen molar-refractivity contribution in [1.29, 1.82) is 0 Å². The van der Waals surface area contributed by atoms with Gasteiger partial charge in [-0.25, -0.2) is 0 Å². The number of nitrogens with zero attached hydrogens (tertiary/aromatic N) is 1. The van der Waals surface area contributed by atoms with Gasteiger partial charge in [-0.05, 0) is 43.0 Å². The standard InChI is InChI=1S/C18H21ClNS/c1-4-13(2)20(3)11-9-14-10-12-21-18(14)17(20)15-7-5-6-8-16(15)19/h5-10,12-13H,4,11H2,1-3H3/q+1. The Balaban J connectivity index is 2.37. The van der Waals surface area contributed by atoms with Crippen LogP contribution < -0.4 is 9.75 Å².